The monoisotopic (exact) mass is 309 g/mol. The van der Waals surface area contributed by atoms with Crippen molar-refractivity contribution < 1.29 is 19.1 Å². The standard InChI is InChI=1S/C14H19N3O5/c1-10-7-11(21-2)8-13(19)17(10)4-3-15-12(18)9-16-5-6-22-14(16)20/h7-8H,3-6,9H2,1-2H3,(H,15,18). The molecule has 0 atom stereocenters. The zero-order valence-electron chi connectivity index (χ0n) is 12.6. The molecule has 2 rings (SSSR count). The van der Waals surface area contributed by atoms with E-state index in [9.17, 15) is 14.4 Å². The predicted molar refractivity (Wildman–Crippen MR) is 77.9 cm³/mol. The fraction of sp³-hybridized carbons (Fsp3) is 0.500. The van der Waals surface area contributed by atoms with Crippen molar-refractivity contribution in [3.63, 3.8) is 0 Å². The lowest BCUT2D eigenvalue weighted by atomic mass is 10.3. The maximum atomic E-state index is 11.9. The number of rotatable bonds is 6. The Balaban J connectivity index is 1.85. The van der Waals surface area contributed by atoms with Gasteiger partial charge in [0.2, 0.25) is 5.91 Å². The summed E-state index contributed by atoms with van der Waals surface area (Å²) in [5, 5.41) is 2.68. The normalized spacial score (nSPS) is 13.9. The maximum absolute atomic E-state index is 11.9. The lowest BCUT2D eigenvalue weighted by Gasteiger charge is -2.14. The highest BCUT2D eigenvalue weighted by Crippen LogP contribution is 2.08. The van der Waals surface area contributed by atoms with E-state index in [0.29, 0.717) is 32.0 Å². The van der Waals surface area contributed by atoms with Crippen LogP contribution in [0.15, 0.2) is 16.9 Å². The molecule has 0 aliphatic carbocycles. The summed E-state index contributed by atoms with van der Waals surface area (Å²) in [6.45, 7) is 3.15. The van der Waals surface area contributed by atoms with Crippen LogP contribution >= 0.6 is 0 Å². The van der Waals surface area contributed by atoms with Crippen molar-refractivity contribution in [1.29, 1.82) is 0 Å². The van der Waals surface area contributed by atoms with E-state index in [1.54, 1.807) is 17.6 Å². The van der Waals surface area contributed by atoms with Crippen molar-refractivity contribution in [2.45, 2.75) is 13.5 Å². The molecular formula is C14H19N3O5. The van der Waals surface area contributed by atoms with Gasteiger partial charge in [0.1, 0.15) is 18.9 Å². The number of methoxy groups -OCH3 is 1. The van der Waals surface area contributed by atoms with E-state index in [1.165, 1.54) is 18.1 Å². The van der Waals surface area contributed by atoms with Gasteiger partial charge < -0.3 is 19.4 Å². The first-order valence-electron chi connectivity index (χ1n) is 6.95. The van der Waals surface area contributed by atoms with Gasteiger partial charge in [-0.1, -0.05) is 0 Å². The van der Waals surface area contributed by atoms with Crippen molar-refractivity contribution in [1.82, 2.24) is 14.8 Å². The first kappa shape index (κ1) is 15.9. The highest BCUT2D eigenvalue weighted by Gasteiger charge is 2.23. The second kappa shape index (κ2) is 6.97. The molecule has 0 bridgehead atoms. The third-order valence-electron chi connectivity index (χ3n) is 3.38. The zero-order chi connectivity index (χ0) is 16.1. The molecule has 1 aromatic heterocycles. The minimum atomic E-state index is -0.475. The number of carbonyl (C=O) groups is 2. The number of aromatic nitrogens is 1. The minimum absolute atomic E-state index is 0.0324. The van der Waals surface area contributed by atoms with Crippen molar-refractivity contribution in [3.05, 3.63) is 28.2 Å². The molecule has 120 valence electrons. The molecule has 1 aliphatic rings. The second-order valence-corrected chi connectivity index (χ2v) is 4.91. The number of nitrogens with one attached hydrogen (secondary N) is 1. The van der Waals surface area contributed by atoms with Crippen LogP contribution in [0.2, 0.25) is 0 Å². The molecule has 1 fully saturated rings. The lowest BCUT2D eigenvalue weighted by Crippen LogP contribution is -2.39. The molecule has 22 heavy (non-hydrogen) atoms. The van der Waals surface area contributed by atoms with Crippen LogP contribution in [0.25, 0.3) is 0 Å². The molecule has 0 aromatic carbocycles. The molecule has 1 N–H and O–H groups in total. The number of ether oxygens (including phenoxy) is 2. The van der Waals surface area contributed by atoms with E-state index in [-0.39, 0.29) is 18.0 Å². The Morgan fingerprint density at radius 1 is 1.41 bits per heavy atom. The van der Waals surface area contributed by atoms with E-state index in [0.717, 1.165) is 5.69 Å². The Morgan fingerprint density at radius 3 is 2.77 bits per heavy atom. The SMILES string of the molecule is COc1cc(C)n(CCNC(=O)CN2CCOC2=O)c(=O)c1. The molecule has 0 saturated carbocycles. The van der Waals surface area contributed by atoms with E-state index >= 15 is 0 Å². The second-order valence-electron chi connectivity index (χ2n) is 4.91. The highest BCUT2D eigenvalue weighted by molar-refractivity contribution is 5.82. The number of hydrogen-bond donors (Lipinski definition) is 1. The highest BCUT2D eigenvalue weighted by atomic mass is 16.6. The first-order valence-corrected chi connectivity index (χ1v) is 6.95. The topological polar surface area (TPSA) is 89.9 Å². The fourth-order valence-corrected chi connectivity index (χ4v) is 2.21. The minimum Gasteiger partial charge on any atom is -0.496 e. The molecule has 8 heteroatoms. The van der Waals surface area contributed by atoms with Gasteiger partial charge in [0.25, 0.3) is 5.56 Å². The first-order chi connectivity index (χ1) is 10.5. The molecule has 1 saturated heterocycles. The number of cyclic esters (lactones) is 1. The van der Waals surface area contributed by atoms with E-state index < -0.39 is 6.09 Å². The van der Waals surface area contributed by atoms with Crippen LogP contribution in [0.4, 0.5) is 4.79 Å². The summed E-state index contributed by atoms with van der Waals surface area (Å²) in [6.07, 6.45) is -0.475. The largest absolute Gasteiger partial charge is 0.496 e. The van der Waals surface area contributed by atoms with E-state index in [2.05, 4.69) is 5.32 Å². The Labute approximate surface area is 127 Å². The molecule has 0 radical (unpaired) electrons. The summed E-state index contributed by atoms with van der Waals surface area (Å²) >= 11 is 0. The van der Waals surface area contributed by atoms with E-state index in [1.807, 2.05) is 0 Å². The summed E-state index contributed by atoms with van der Waals surface area (Å²) in [4.78, 5) is 36.2. The van der Waals surface area contributed by atoms with Crippen LogP contribution in [0, 0.1) is 6.92 Å². The maximum Gasteiger partial charge on any atom is 0.410 e. The fourth-order valence-electron chi connectivity index (χ4n) is 2.21. The number of carbonyl (C=O) groups excluding carboxylic acids is 2. The Morgan fingerprint density at radius 2 is 2.18 bits per heavy atom. The number of aryl methyl sites for hydroxylation is 1. The zero-order valence-corrected chi connectivity index (χ0v) is 12.6. The average molecular weight is 309 g/mol. The van der Waals surface area contributed by atoms with Crippen LogP contribution in [-0.4, -0.2) is 54.8 Å². The van der Waals surface area contributed by atoms with Crippen LogP contribution in [0.1, 0.15) is 5.69 Å². The predicted octanol–water partition coefficient (Wildman–Crippen LogP) is -0.266. The third-order valence-corrected chi connectivity index (χ3v) is 3.38. The number of hydrogen-bond acceptors (Lipinski definition) is 5. The van der Waals surface area contributed by atoms with Crippen molar-refractivity contribution >= 4 is 12.0 Å². The number of amides is 2. The average Bonchev–Trinajstić information content (AvgIpc) is 2.87. The third kappa shape index (κ3) is 3.78. The molecule has 8 nitrogen and oxygen atoms in total. The van der Waals surface area contributed by atoms with Gasteiger partial charge in [-0.25, -0.2) is 4.79 Å². The quantitative estimate of drug-likeness (QED) is 0.781. The van der Waals surface area contributed by atoms with Gasteiger partial charge in [-0.05, 0) is 13.0 Å². The van der Waals surface area contributed by atoms with Crippen LogP contribution in [-0.2, 0) is 16.1 Å². The van der Waals surface area contributed by atoms with Crippen molar-refractivity contribution in [2.75, 3.05) is 33.4 Å². The Kier molecular flexibility index (Phi) is 5.03. The summed E-state index contributed by atoms with van der Waals surface area (Å²) < 4.78 is 11.3. The Hall–Kier alpha value is -2.51. The van der Waals surface area contributed by atoms with E-state index in [4.69, 9.17) is 9.47 Å². The van der Waals surface area contributed by atoms with Gasteiger partial charge >= 0.3 is 6.09 Å². The molecule has 0 unspecified atom stereocenters. The van der Waals surface area contributed by atoms with Crippen LogP contribution in [0.5, 0.6) is 5.75 Å². The molecule has 1 aromatic rings. The molecular weight excluding hydrogens is 290 g/mol. The molecule has 2 amide bonds. The lowest BCUT2D eigenvalue weighted by molar-refractivity contribution is -0.121. The number of nitrogens with zero attached hydrogens (tertiary/aromatic N) is 2. The van der Waals surface area contributed by atoms with Gasteiger partial charge in [0.05, 0.1) is 13.7 Å². The van der Waals surface area contributed by atoms with Gasteiger partial charge in [-0.3, -0.25) is 14.5 Å². The van der Waals surface area contributed by atoms with Crippen LogP contribution < -0.4 is 15.6 Å². The summed E-state index contributed by atoms with van der Waals surface area (Å²) in [7, 11) is 1.50. The van der Waals surface area contributed by atoms with Crippen LogP contribution in [0.3, 0.4) is 0 Å². The van der Waals surface area contributed by atoms with Crippen molar-refractivity contribution in [3.8, 4) is 5.75 Å². The molecule has 0 spiro atoms. The smallest absolute Gasteiger partial charge is 0.410 e. The Bertz CT molecular complexity index is 625. The van der Waals surface area contributed by atoms with Gasteiger partial charge in [-0.2, -0.15) is 0 Å². The summed E-state index contributed by atoms with van der Waals surface area (Å²) in [5.74, 6) is 0.230. The van der Waals surface area contributed by atoms with Gasteiger partial charge in [0.15, 0.2) is 0 Å². The van der Waals surface area contributed by atoms with Crippen molar-refractivity contribution in [2.24, 2.45) is 0 Å². The molecule has 2 heterocycles. The summed E-state index contributed by atoms with van der Waals surface area (Å²) in [5.41, 5.74) is 0.566. The molecule has 1 aliphatic heterocycles. The summed E-state index contributed by atoms with van der Waals surface area (Å²) in [6, 6.07) is 3.15. The number of pyridine rings is 1. The van der Waals surface area contributed by atoms with Gasteiger partial charge in [0, 0.05) is 24.8 Å². The van der Waals surface area contributed by atoms with Gasteiger partial charge in [-0.15, -0.1) is 0 Å².